The van der Waals surface area contributed by atoms with Gasteiger partial charge < -0.3 is 9.32 Å². The smallest absolute Gasteiger partial charge is 0.140 e. The molecule has 2 nitrogen and oxygen atoms in total. The van der Waals surface area contributed by atoms with Gasteiger partial charge in [-0.2, -0.15) is 0 Å². The molecule has 10 aromatic carbocycles. The third-order valence-electron chi connectivity index (χ3n) is 15.0. The summed E-state index contributed by atoms with van der Waals surface area (Å²) in [6.45, 7) is 4.72. The van der Waals surface area contributed by atoms with Gasteiger partial charge in [0.05, 0.1) is 5.41 Å². The molecule has 67 heavy (non-hydrogen) atoms. The summed E-state index contributed by atoms with van der Waals surface area (Å²) in [5, 5.41) is 4.83. The van der Waals surface area contributed by atoms with E-state index in [2.05, 4.69) is 243 Å². The highest BCUT2D eigenvalue weighted by Crippen LogP contribution is 2.58. The van der Waals surface area contributed by atoms with Gasteiger partial charge in [0.1, 0.15) is 11.2 Å². The standard InChI is InChI=1S/C64H43NOS/c1-63(2)54-25-10-6-18-46(54)49-36-34-43(38-58(49)63)65(42-32-30-40(31-33-42)45-22-14-24-53-51-21-9-13-29-60(51)67-62(45)53)44-35-37-50-52-23-15-28-57(61(52)66-59(50)39-44)64(41-16-4-3-5-17-41)55-26-11-7-19-47(55)48-20-8-12-27-56(48)64/h3-39H,1-2H3. The maximum atomic E-state index is 7.30. The molecule has 0 aliphatic heterocycles. The Hall–Kier alpha value is -7.98. The Kier molecular flexibility index (Phi) is 8.15. The summed E-state index contributed by atoms with van der Waals surface area (Å²) >= 11 is 1.88. The third-order valence-corrected chi connectivity index (χ3v) is 16.2. The first-order valence-corrected chi connectivity index (χ1v) is 24.1. The lowest BCUT2D eigenvalue weighted by Crippen LogP contribution is -2.28. The Morgan fingerprint density at radius 1 is 0.388 bits per heavy atom. The van der Waals surface area contributed by atoms with E-state index >= 15 is 0 Å². The predicted molar refractivity (Wildman–Crippen MR) is 282 cm³/mol. The number of furan rings is 1. The Morgan fingerprint density at radius 2 is 0.940 bits per heavy atom. The first kappa shape index (κ1) is 38.3. The highest BCUT2D eigenvalue weighted by molar-refractivity contribution is 7.26. The second-order valence-electron chi connectivity index (χ2n) is 18.7. The van der Waals surface area contributed by atoms with Crippen molar-refractivity contribution in [2.45, 2.75) is 24.7 Å². The van der Waals surface area contributed by atoms with Crippen molar-refractivity contribution >= 4 is 70.5 Å². The summed E-state index contributed by atoms with van der Waals surface area (Å²) in [5.74, 6) is 0. The van der Waals surface area contributed by atoms with Crippen LogP contribution in [0.3, 0.4) is 0 Å². The van der Waals surface area contributed by atoms with Gasteiger partial charge in [-0.3, -0.25) is 0 Å². The van der Waals surface area contributed by atoms with E-state index in [9.17, 15) is 0 Å². The number of thiophene rings is 1. The summed E-state index contributed by atoms with van der Waals surface area (Å²) in [5.41, 5.74) is 19.5. The maximum Gasteiger partial charge on any atom is 0.140 e. The van der Waals surface area contributed by atoms with E-state index in [0.29, 0.717) is 0 Å². The zero-order valence-electron chi connectivity index (χ0n) is 37.1. The Bertz CT molecular complexity index is 3920. The van der Waals surface area contributed by atoms with Crippen LogP contribution in [0.15, 0.2) is 229 Å². The summed E-state index contributed by atoms with van der Waals surface area (Å²) in [4.78, 5) is 2.41. The first-order chi connectivity index (χ1) is 33.0. The van der Waals surface area contributed by atoms with Crippen LogP contribution in [0.2, 0.25) is 0 Å². The number of anilines is 3. The average Bonchev–Trinajstić information content (AvgIpc) is 4.10. The summed E-state index contributed by atoms with van der Waals surface area (Å²) in [6.07, 6.45) is 0. The molecular formula is C64H43NOS. The van der Waals surface area contributed by atoms with Crippen molar-refractivity contribution in [2.24, 2.45) is 0 Å². The first-order valence-electron chi connectivity index (χ1n) is 23.2. The molecule has 3 heteroatoms. The van der Waals surface area contributed by atoms with Crippen LogP contribution in [0.5, 0.6) is 0 Å². The van der Waals surface area contributed by atoms with E-state index in [4.69, 9.17) is 4.42 Å². The van der Waals surface area contributed by atoms with Gasteiger partial charge in [-0.1, -0.05) is 190 Å². The molecule has 2 aliphatic rings. The van der Waals surface area contributed by atoms with E-state index in [-0.39, 0.29) is 5.41 Å². The van der Waals surface area contributed by atoms with E-state index in [1.807, 2.05) is 11.3 Å². The summed E-state index contributed by atoms with van der Waals surface area (Å²) < 4.78 is 9.94. The van der Waals surface area contributed by atoms with E-state index < -0.39 is 5.41 Å². The molecule has 0 fully saturated rings. The monoisotopic (exact) mass is 873 g/mol. The second kappa shape index (κ2) is 14.3. The van der Waals surface area contributed by atoms with Gasteiger partial charge in [0.25, 0.3) is 0 Å². The number of rotatable bonds is 6. The maximum absolute atomic E-state index is 7.30. The molecule has 0 bridgehead atoms. The number of benzene rings is 10. The Morgan fingerprint density at radius 3 is 1.72 bits per heavy atom. The summed E-state index contributed by atoms with van der Waals surface area (Å²) in [6, 6.07) is 82.9. The van der Waals surface area contributed by atoms with E-state index in [1.54, 1.807) is 0 Å². The molecule has 0 atom stereocenters. The number of hydrogen-bond acceptors (Lipinski definition) is 3. The van der Waals surface area contributed by atoms with Crippen LogP contribution in [-0.2, 0) is 10.8 Å². The lowest BCUT2D eigenvalue weighted by molar-refractivity contribution is 0.648. The molecule has 0 radical (unpaired) electrons. The largest absolute Gasteiger partial charge is 0.456 e. The number of para-hydroxylation sites is 1. The van der Waals surface area contributed by atoms with Crippen molar-refractivity contribution in [3.05, 3.63) is 258 Å². The van der Waals surface area contributed by atoms with Gasteiger partial charge in [0.15, 0.2) is 0 Å². The van der Waals surface area contributed by atoms with Gasteiger partial charge in [-0.05, 0) is 104 Å². The van der Waals surface area contributed by atoms with Gasteiger partial charge in [0.2, 0.25) is 0 Å². The molecule has 2 aliphatic carbocycles. The van der Waals surface area contributed by atoms with E-state index in [0.717, 1.165) is 44.6 Å². The molecule has 2 aromatic heterocycles. The fourth-order valence-electron chi connectivity index (χ4n) is 11.9. The van der Waals surface area contributed by atoms with Gasteiger partial charge in [-0.15, -0.1) is 11.3 Å². The minimum atomic E-state index is -0.576. The molecule has 0 saturated carbocycles. The number of nitrogens with zero attached hydrogens (tertiary/aromatic N) is 1. The molecule has 14 rings (SSSR count). The van der Waals surface area contributed by atoms with Crippen molar-refractivity contribution < 1.29 is 4.42 Å². The van der Waals surface area contributed by atoms with Gasteiger partial charge in [-0.25, -0.2) is 0 Å². The molecule has 0 N–H and O–H groups in total. The summed E-state index contributed by atoms with van der Waals surface area (Å²) in [7, 11) is 0. The predicted octanol–water partition coefficient (Wildman–Crippen LogP) is 17.8. The number of fused-ring (bicyclic) bond motifs is 12. The van der Waals surface area contributed by atoms with Crippen LogP contribution >= 0.6 is 11.3 Å². The number of hydrogen-bond donors (Lipinski definition) is 0. The zero-order valence-corrected chi connectivity index (χ0v) is 37.9. The van der Waals surface area contributed by atoms with Gasteiger partial charge in [0, 0.05) is 65.1 Å². The highest BCUT2D eigenvalue weighted by atomic mass is 32.1. The molecule has 12 aromatic rings. The molecular weight excluding hydrogens is 831 g/mol. The van der Waals surface area contributed by atoms with Crippen LogP contribution in [0.25, 0.3) is 75.5 Å². The fraction of sp³-hybridized carbons (Fsp3) is 0.0625. The van der Waals surface area contributed by atoms with Crippen molar-refractivity contribution in [1.29, 1.82) is 0 Å². The minimum absolute atomic E-state index is 0.147. The van der Waals surface area contributed by atoms with Crippen LogP contribution in [0.1, 0.15) is 47.2 Å². The zero-order chi connectivity index (χ0) is 44.4. The molecule has 0 saturated heterocycles. The normalized spacial score (nSPS) is 14.1. The Labute approximate surface area is 393 Å². The SMILES string of the molecule is CC1(C)c2ccccc2-c2ccc(N(c3ccc(-c4cccc5c4sc4ccccc45)cc3)c3ccc4c(c3)oc3c(C5(c6ccccc6)c6ccccc6-c6ccccc65)cccc34)cc21. The third kappa shape index (κ3) is 5.38. The molecule has 2 heterocycles. The topological polar surface area (TPSA) is 16.4 Å². The van der Waals surface area contributed by atoms with Crippen molar-refractivity contribution in [2.75, 3.05) is 4.90 Å². The van der Waals surface area contributed by atoms with E-state index in [1.165, 1.54) is 81.4 Å². The van der Waals surface area contributed by atoms with Crippen molar-refractivity contribution in [3.63, 3.8) is 0 Å². The lowest BCUT2D eigenvalue weighted by Gasteiger charge is -2.33. The highest BCUT2D eigenvalue weighted by Gasteiger charge is 2.47. The average molecular weight is 874 g/mol. The molecule has 0 unspecified atom stereocenters. The Balaban J connectivity index is 0.959. The minimum Gasteiger partial charge on any atom is -0.456 e. The molecule has 0 spiro atoms. The quantitative estimate of drug-likeness (QED) is 0.165. The van der Waals surface area contributed by atoms with Crippen LogP contribution in [0, 0.1) is 0 Å². The lowest BCUT2D eigenvalue weighted by atomic mass is 9.67. The molecule has 0 amide bonds. The van der Waals surface area contributed by atoms with Gasteiger partial charge >= 0.3 is 0 Å². The van der Waals surface area contributed by atoms with Crippen LogP contribution in [-0.4, -0.2) is 0 Å². The fourth-order valence-corrected chi connectivity index (χ4v) is 13.2. The van der Waals surface area contributed by atoms with Crippen LogP contribution in [0.4, 0.5) is 17.1 Å². The van der Waals surface area contributed by atoms with Crippen LogP contribution < -0.4 is 4.90 Å². The molecule has 316 valence electrons. The van der Waals surface area contributed by atoms with Crippen molar-refractivity contribution in [3.8, 4) is 33.4 Å². The second-order valence-corrected chi connectivity index (χ2v) is 19.8. The van der Waals surface area contributed by atoms with Crippen molar-refractivity contribution in [1.82, 2.24) is 0 Å².